The molecule has 2 saturated heterocycles. The van der Waals surface area contributed by atoms with Gasteiger partial charge in [-0.25, -0.2) is 0 Å². The number of aromatic nitrogens is 2. The SMILES string of the molecule is CN(C[C@@H]1CCCN(C)[C@H]1c1cnn(C)c1)C(=O)C1CC12CCOCC2. The van der Waals surface area contributed by atoms with Crippen LogP contribution in [0, 0.1) is 17.3 Å². The van der Waals surface area contributed by atoms with Gasteiger partial charge in [0, 0.05) is 57.6 Å². The molecule has 26 heavy (non-hydrogen) atoms. The number of carbonyl (C=O) groups is 1. The summed E-state index contributed by atoms with van der Waals surface area (Å²) in [5.41, 5.74) is 1.53. The Morgan fingerprint density at radius 1 is 1.38 bits per heavy atom. The molecule has 1 saturated carbocycles. The number of hydrogen-bond donors (Lipinski definition) is 0. The Balaban J connectivity index is 1.42. The van der Waals surface area contributed by atoms with Crippen LogP contribution < -0.4 is 0 Å². The molecular formula is C20H32N4O2. The van der Waals surface area contributed by atoms with Gasteiger partial charge in [0.05, 0.1) is 6.20 Å². The van der Waals surface area contributed by atoms with Gasteiger partial charge in [-0.15, -0.1) is 0 Å². The zero-order valence-corrected chi connectivity index (χ0v) is 16.4. The van der Waals surface area contributed by atoms with E-state index in [0.717, 1.165) is 45.6 Å². The average molecular weight is 361 g/mol. The minimum Gasteiger partial charge on any atom is -0.381 e. The van der Waals surface area contributed by atoms with Gasteiger partial charge in [0.2, 0.25) is 5.91 Å². The van der Waals surface area contributed by atoms with Gasteiger partial charge in [-0.05, 0) is 57.0 Å². The predicted octanol–water partition coefficient (Wildman–Crippen LogP) is 2.08. The molecule has 6 nitrogen and oxygen atoms in total. The Kier molecular flexibility index (Phi) is 4.82. The zero-order valence-electron chi connectivity index (χ0n) is 16.4. The highest BCUT2D eigenvalue weighted by atomic mass is 16.5. The van der Waals surface area contributed by atoms with Crippen LogP contribution in [-0.4, -0.2) is 65.9 Å². The molecule has 0 bridgehead atoms. The van der Waals surface area contributed by atoms with E-state index in [1.54, 1.807) is 0 Å². The van der Waals surface area contributed by atoms with E-state index in [2.05, 4.69) is 23.2 Å². The third kappa shape index (κ3) is 3.29. The van der Waals surface area contributed by atoms with Gasteiger partial charge in [0.1, 0.15) is 0 Å². The van der Waals surface area contributed by atoms with Gasteiger partial charge in [0.25, 0.3) is 0 Å². The van der Waals surface area contributed by atoms with Crippen LogP contribution in [0.2, 0.25) is 0 Å². The summed E-state index contributed by atoms with van der Waals surface area (Å²) in [6.07, 6.45) is 9.66. The Morgan fingerprint density at radius 2 is 2.15 bits per heavy atom. The Labute approximate surface area is 156 Å². The normalized spacial score (nSPS) is 31.1. The number of likely N-dealkylation sites (tertiary alicyclic amines) is 1. The van der Waals surface area contributed by atoms with Crippen LogP contribution in [0.15, 0.2) is 12.4 Å². The van der Waals surface area contributed by atoms with Crippen molar-refractivity contribution in [3.8, 4) is 0 Å². The van der Waals surface area contributed by atoms with Gasteiger partial charge >= 0.3 is 0 Å². The lowest BCUT2D eigenvalue weighted by molar-refractivity contribution is -0.133. The summed E-state index contributed by atoms with van der Waals surface area (Å²) in [4.78, 5) is 17.5. The van der Waals surface area contributed by atoms with E-state index in [4.69, 9.17) is 4.74 Å². The Morgan fingerprint density at radius 3 is 2.85 bits per heavy atom. The van der Waals surface area contributed by atoms with Gasteiger partial charge in [-0.1, -0.05) is 0 Å². The van der Waals surface area contributed by atoms with Crippen molar-refractivity contribution in [1.82, 2.24) is 19.6 Å². The summed E-state index contributed by atoms with van der Waals surface area (Å²) < 4.78 is 7.37. The minimum absolute atomic E-state index is 0.231. The van der Waals surface area contributed by atoms with E-state index < -0.39 is 0 Å². The van der Waals surface area contributed by atoms with Crippen LogP contribution in [-0.2, 0) is 16.6 Å². The molecule has 3 aliphatic rings. The van der Waals surface area contributed by atoms with Crippen LogP contribution >= 0.6 is 0 Å². The van der Waals surface area contributed by atoms with Crippen molar-refractivity contribution in [3.05, 3.63) is 18.0 Å². The van der Waals surface area contributed by atoms with Gasteiger partial charge in [-0.3, -0.25) is 14.4 Å². The molecule has 0 N–H and O–H groups in total. The molecule has 1 aromatic rings. The lowest BCUT2D eigenvalue weighted by atomic mass is 9.85. The van der Waals surface area contributed by atoms with Crippen molar-refractivity contribution in [2.24, 2.45) is 24.3 Å². The summed E-state index contributed by atoms with van der Waals surface area (Å²) in [6.45, 7) is 3.60. The second-order valence-electron chi connectivity index (χ2n) is 8.73. The summed E-state index contributed by atoms with van der Waals surface area (Å²) in [5.74, 6) is 1.05. The monoisotopic (exact) mass is 360 g/mol. The van der Waals surface area contributed by atoms with Crippen molar-refractivity contribution < 1.29 is 9.53 Å². The quantitative estimate of drug-likeness (QED) is 0.825. The molecule has 1 amide bonds. The Bertz CT molecular complexity index is 652. The molecule has 6 heteroatoms. The first-order valence-corrected chi connectivity index (χ1v) is 10.0. The number of carbonyl (C=O) groups excluding carboxylic acids is 1. The Hall–Kier alpha value is -1.40. The summed E-state index contributed by atoms with van der Waals surface area (Å²) in [5, 5.41) is 4.37. The molecule has 4 rings (SSSR count). The summed E-state index contributed by atoms with van der Waals surface area (Å²) >= 11 is 0. The molecule has 1 unspecified atom stereocenters. The molecule has 3 atom stereocenters. The predicted molar refractivity (Wildman–Crippen MR) is 99.5 cm³/mol. The van der Waals surface area contributed by atoms with E-state index in [1.807, 2.05) is 29.9 Å². The van der Waals surface area contributed by atoms with Gasteiger partial charge < -0.3 is 9.64 Å². The zero-order chi connectivity index (χ0) is 18.3. The average Bonchev–Trinajstić information content (AvgIpc) is 3.13. The first kappa shape index (κ1) is 18.0. The molecule has 1 spiro atoms. The number of nitrogens with zero attached hydrogens (tertiary/aromatic N) is 4. The smallest absolute Gasteiger partial charge is 0.226 e. The molecule has 1 aromatic heterocycles. The molecule has 3 heterocycles. The number of hydrogen-bond acceptors (Lipinski definition) is 4. The highest BCUT2D eigenvalue weighted by Gasteiger charge is 2.58. The van der Waals surface area contributed by atoms with Crippen molar-refractivity contribution in [1.29, 1.82) is 0 Å². The lowest BCUT2D eigenvalue weighted by Crippen LogP contribution is -2.43. The van der Waals surface area contributed by atoms with Crippen molar-refractivity contribution in [2.75, 3.05) is 40.4 Å². The van der Waals surface area contributed by atoms with E-state index in [0.29, 0.717) is 17.9 Å². The van der Waals surface area contributed by atoms with Crippen molar-refractivity contribution in [3.63, 3.8) is 0 Å². The highest BCUT2D eigenvalue weighted by molar-refractivity contribution is 5.82. The van der Waals surface area contributed by atoms with Crippen LogP contribution in [0.4, 0.5) is 0 Å². The van der Waals surface area contributed by atoms with Crippen LogP contribution in [0.5, 0.6) is 0 Å². The van der Waals surface area contributed by atoms with Crippen LogP contribution in [0.25, 0.3) is 0 Å². The van der Waals surface area contributed by atoms with Crippen molar-refractivity contribution in [2.45, 2.75) is 38.1 Å². The molecule has 0 radical (unpaired) electrons. The summed E-state index contributed by atoms with van der Waals surface area (Å²) in [7, 11) is 6.17. The second kappa shape index (κ2) is 6.97. The second-order valence-corrected chi connectivity index (χ2v) is 8.73. The van der Waals surface area contributed by atoms with Gasteiger partial charge in [-0.2, -0.15) is 5.10 Å². The topological polar surface area (TPSA) is 50.6 Å². The standard InChI is InChI=1S/C20H32N4O2/c1-22-8-4-5-15(18(22)16-12-21-24(3)14-16)13-23(2)19(25)17-11-20(17)6-9-26-10-7-20/h12,14-15,17-18H,4-11,13H2,1-3H3/t15-,17?,18+/m0/s1. The molecule has 144 valence electrons. The number of amides is 1. The summed E-state index contributed by atoms with van der Waals surface area (Å²) in [6, 6.07) is 0.351. The van der Waals surface area contributed by atoms with Crippen LogP contribution in [0.3, 0.4) is 0 Å². The maximum atomic E-state index is 13.0. The van der Waals surface area contributed by atoms with E-state index in [9.17, 15) is 4.79 Å². The number of piperidine rings is 1. The number of aryl methyl sites for hydroxylation is 1. The first-order chi connectivity index (χ1) is 12.5. The largest absolute Gasteiger partial charge is 0.381 e. The van der Waals surface area contributed by atoms with Crippen molar-refractivity contribution >= 4 is 5.91 Å². The maximum absolute atomic E-state index is 13.0. The van der Waals surface area contributed by atoms with E-state index >= 15 is 0 Å². The highest BCUT2D eigenvalue weighted by Crippen LogP contribution is 2.59. The number of ether oxygens (including phenoxy) is 1. The maximum Gasteiger partial charge on any atom is 0.226 e. The number of rotatable bonds is 4. The third-order valence-electron chi connectivity index (χ3n) is 6.93. The lowest BCUT2D eigenvalue weighted by Gasteiger charge is -2.40. The minimum atomic E-state index is 0.231. The fourth-order valence-corrected chi connectivity index (χ4v) is 5.31. The molecule has 3 fully saturated rings. The van der Waals surface area contributed by atoms with E-state index in [1.165, 1.54) is 18.4 Å². The molecular weight excluding hydrogens is 328 g/mol. The van der Waals surface area contributed by atoms with E-state index in [-0.39, 0.29) is 11.3 Å². The first-order valence-electron chi connectivity index (χ1n) is 10.0. The fraction of sp³-hybridized carbons (Fsp3) is 0.800. The van der Waals surface area contributed by atoms with Gasteiger partial charge in [0.15, 0.2) is 0 Å². The fourth-order valence-electron chi connectivity index (χ4n) is 5.31. The molecule has 0 aromatic carbocycles. The molecule has 1 aliphatic carbocycles. The van der Waals surface area contributed by atoms with Crippen LogP contribution in [0.1, 0.15) is 43.7 Å². The molecule has 2 aliphatic heterocycles. The third-order valence-corrected chi connectivity index (χ3v) is 6.93.